The Kier molecular flexibility index (Phi) is 5.87. The van der Waals surface area contributed by atoms with Crippen LogP contribution in [-0.4, -0.2) is 17.8 Å². The molecule has 0 fully saturated rings. The molecule has 0 aromatic heterocycles. The number of hydrogen-bond acceptors (Lipinski definition) is 4. The number of rotatable bonds is 5. The summed E-state index contributed by atoms with van der Waals surface area (Å²) in [5.41, 5.74) is 6.52. The first-order valence-corrected chi connectivity index (χ1v) is 6.33. The number of hydrogen-bond donors (Lipinski definition) is 2. The highest BCUT2D eigenvalue weighted by Crippen LogP contribution is 2.12. The van der Waals surface area contributed by atoms with Crippen LogP contribution in [0.2, 0.25) is 0 Å². The lowest BCUT2D eigenvalue weighted by atomic mass is 10.2. The molecule has 88 valence electrons. The minimum absolute atomic E-state index is 0.249. The van der Waals surface area contributed by atoms with Crippen LogP contribution < -0.4 is 5.73 Å². The zero-order chi connectivity index (χ0) is 12.0. The number of ether oxygens (including phenoxy) is 1. The summed E-state index contributed by atoms with van der Waals surface area (Å²) in [5.74, 6) is 0.196. The van der Waals surface area contributed by atoms with E-state index in [0.717, 1.165) is 10.0 Å². The third-order valence-corrected chi connectivity index (χ3v) is 2.76. The highest BCUT2D eigenvalue weighted by atomic mass is 79.9. The van der Waals surface area contributed by atoms with E-state index in [1.807, 2.05) is 24.3 Å². The van der Waals surface area contributed by atoms with E-state index >= 15 is 0 Å². The van der Waals surface area contributed by atoms with Gasteiger partial charge in [-0.3, -0.25) is 4.79 Å². The first-order chi connectivity index (χ1) is 7.63. The van der Waals surface area contributed by atoms with Crippen molar-refractivity contribution in [2.45, 2.75) is 19.1 Å². The van der Waals surface area contributed by atoms with Gasteiger partial charge in [0.05, 0.1) is 0 Å². The van der Waals surface area contributed by atoms with Crippen molar-refractivity contribution in [2.24, 2.45) is 5.73 Å². The third-order valence-electron chi connectivity index (χ3n) is 2.01. The Hall–Kier alpha value is -0.520. The fraction of sp³-hybridized carbons (Fsp3) is 0.364. The Balaban J connectivity index is 2.42. The molecule has 0 saturated carbocycles. The van der Waals surface area contributed by atoms with Crippen LogP contribution in [0.1, 0.15) is 12.0 Å². The van der Waals surface area contributed by atoms with Gasteiger partial charge in [0, 0.05) is 4.47 Å². The maximum absolute atomic E-state index is 11.4. The summed E-state index contributed by atoms with van der Waals surface area (Å²) < 4.78 is 6.04. The molecule has 0 heterocycles. The molecule has 1 aromatic rings. The first kappa shape index (κ1) is 13.5. The van der Waals surface area contributed by atoms with Gasteiger partial charge in [-0.1, -0.05) is 28.1 Å². The Morgan fingerprint density at radius 1 is 1.56 bits per heavy atom. The maximum atomic E-state index is 11.4. The minimum Gasteiger partial charge on any atom is -0.460 e. The van der Waals surface area contributed by atoms with Crippen molar-refractivity contribution >= 4 is 34.5 Å². The second-order valence-corrected chi connectivity index (χ2v) is 4.72. The van der Waals surface area contributed by atoms with Crippen molar-refractivity contribution in [2.75, 3.05) is 5.75 Å². The number of carbonyl (C=O) groups excluding carboxylic acids is 1. The second kappa shape index (κ2) is 6.93. The standard InChI is InChI=1S/C11H14BrNO2S/c12-9-3-1-2-8(6-9)7-15-11(14)10(13)4-5-16/h1-3,6,10,16H,4-5,7,13H2. The van der Waals surface area contributed by atoms with Crippen molar-refractivity contribution in [3.63, 3.8) is 0 Å². The van der Waals surface area contributed by atoms with Crippen LogP contribution in [0.25, 0.3) is 0 Å². The van der Waals surface area contributed by atoms with E-state index in [-0.39, 0.29) is 12.6 Å². The number of nitrogens with two attached hydrogens (primary N) is 1. The normalized spacial score (nSPS) is 12.2. The van der Waals surface area contributed by atoms with E-state index in [1.165, 1.54) is 0 Å². The number of benzene rings is 1. The predicted octanol–water partition coefficient (Wildman–Crippen LogP) is 2.14. The van der Waals surface area contributed by atoms with Gasteiger partial charge in [0.2, 0.25) is 0 Å². The van der Waals surface area contributed by atoms with Crippen LogP contribution in [0.3, 0.4) is 0 Å². The van der Waals surface area contributed by atoms with E-state index < -0.39 is 6.04 Å². The van der Waals surface area contributed by atoms with E-state index in [2.05, 4.69) is 28.6 Å². The summed E-state index contributed by atoms with van der Waals surface area (Å²) in [4.78, 5) is 11.4. The predicted molar refractivity (Wildman–Crippen MR) is 70.4 cm³/mol. The molecule has 16 heavy (non-hydrogen) atoms. The zero-order valence-electron chi connectivity index (χ0n) is 8.73. The van der Waals surface area contributed by atoms with E-state index in [4.69, 9.17) is 10.5 Å². The monoisotopic (exact) mass is 303 g/mol. The molecular formula is C11H14BrNO2S. The summed E-state index contributed by atoms with van der Waals surface area (Å²) in [6, 6.07) is 7.02. The molecule has 0 aliphatic heterocycles. The molecular weight excluding hydrogens is 290 g/mol. The van der Waals surface area contributed by atoms with Gasteiger partial charge in [-0.25, -0.2) is 0 Å². The van der Waals surface area contributed by atoms with E-state index in [1.54, 1.807) is 0 Å². The highest BCUT2D eigenvalue weighted by molar-refractivity contribution is 9.10. The molecule has 0 aliphatic carbocycles. The molecule has 0 spiro atoms. The van der Waals surface area contributed by atoms with Gasteiger partial charge < -0.3 is 10.5 Å². The van der Waals surface area contributed by atoms with E-state index in [9.17, 15) is 4.79 Å². The Bertz CT molecular complexity index is 360. The van der Waals surface area contributed by atoms with Crippen LogP contribution in [-0.2, 0) is 16.1 Å². The zero-order valence-corrected chi connectivity index (χ0v) is 11.2. The van der Waals surface area contributed by atoms with Crippen molar-refractivity contribution < 1.29 is 9.53 Å². The Morgan fingerprint density at radius 3 is 2.94 bits per heavy atom. The average Bonchev–Trinajstić information content (AvgIpc) is 2.26. The van der Waals surface area contributed by atoms with Gasteiger partial charge in [0.25, 0.3) is 0 Å². The third kappa shape index (κ3) is 4.55. The van der Waals surface area contributed by atoms with Gasteiger partial charge in [-0.2, -0.15) is 12.6 Å². The van der Waals surface area contributed by atoms with Gasteiger partial charge in [0.1, 0.15) is 12.6 Å². The van der Waals surface area contributed by atoms with Gasteiger partial charge in [-0.05, 0) is 29.9 Å². The topological polar surface area (TPSA) is 52.3 Å². The van der Waals surface area contributed by atoms with E-state index in [0.29, 0.717) is 12.2 Å². The van der Waals surface area contributed by atoms with Crippen LogP contribution in [0, 0.1) is 0 Å². The summed E-state index contributed by atoms with van der Waals surface area (Å²) in [5, 5.41) is 0. The molecule has 1 unspecified atom stereocenters. The number of esters is 1. The molecule has 0 saturated heterocycles. The van der Waals surface area contributed by atoms with Crippen LogP contribution in [0.4, 0.5) is 0 Å². The molecule has 3 nitrogen and oxygen atoms in total. The molecule has 0 radical (unpaired) electrons. The lowest BCUT2D eigenvalue weighted by molar-refractivity contribution is -0.146. The smallest absolute Gasteiger partial charge is 0.323 e. The quantitative estimate of drug-likeness (QED) is 0.647. The first-order valence-electron chi connectivity index (χ1n) is 4.91. The molecule has 1 aromatic carbocycles. The fourth-order valence-corrected chi connectivity index (χ4v) is 1.87. The van der Waals surface area contributed by atoms with Gasteiger partial charge >= 0.3 is 5.97 Å². The molecule has 0 aliphatic rings. The molecule has 0 amide bonds. The van der Waals surface area contributed by atoms with Crippen molar-refractivity contribution in [3.8, 4) is 0 Å². The largest absolute Gasteiger partial charge is 0.460 e. The highest BCUT2D eigenvalue weighted by Gasteiger charge is 2.13. The SMILES string of the molecule is NC(CCS)C(=O)OCc1cccc(Br)c1. The summed E-state index contributed by atoms with van der Waals surface area (Å²) in [7, 11) is 0. The summed E-state index contributed by atoms with van der Waals surface area (Å²) in [6.45, 7) is 0.249. The molecule has 1 atom stereocenters. The van der Waals surface area contributed by atoms with Gasteiger partial charge in [-0.15, -0.1) is 0 Å². The Labute approximate surface area is 109 Å². The fourth-order valence-electron chi connectivity index (χ4n) is 1.15. The number of halogens is 1. The van der Waals surface area contributed by atoms with Crippen molar-refractivity contribution in [1.82, 2.24) is 0 Å². The average molecular weight is 304 g/mol. The maximum Gasteiger partial charge on any atom is 0.323 e. The van der Waals surface area contributed by atoms with Crippen molar-refractivity contribution in [3.05, 3.63) is 34.3 Å². The number of carbonyl (C=O) groups is 1. The Morgan fingerprint density at radius 2 is 2.31 bits per heavy atom. The lowest BCUT2D eigenvalue weighted by Crippen LogP contribution is -2.32. The summed E-state index contributed by atoms with van der Waals surface area (Å²) in [6.07, 6.45) is 0.528. The van der Waals surface area contributed by atoms with Gasteiger partial charge in [0.15, 0.2) is 0 Å². The van der Waals surface area contributed by atoms with Crippen LogP contribution >= 0.6 is 28.6 Å². The molecule has 0 bridgehead atoms. The number of thiol groups is 1. The van der Waals surface area contributed by atoms with Crippen LogP contribution in [0.5, 0.6) is 0 Å². The lowest BCUT2D eigenvalue weighted by Gasteiger charge is -2.10. The summed E-state index contributed by atoms with van der Waals surface area (Å²) >= 11 is 7.36. The second-order valence-electron chi connectivity index (χ2n) is 3.36. The molecule has 5 heteroatoms. The molecule has 1 rings (SSSR count). The minimum atomic E-state index is -0.579. The molecule has 2 N–H and O–H groups in total. The van der Waals surface area contributed by atoms with Crippen LogP contribution in [0.15, 0.2) is 28.7 Å². The van der Waals surface area contributed by atoms with Crippen molar-refractivity contribution in [1.29, 1.82) is 0 Å².